The highest BCUT2D eigenvalue weighted by Gasteiger charge is 2.34. The third-order valence-corrected chi connectivity index (χ3v) is 5.23. The van der Waals surface area contributed by atoms with Gasteiger partial charge in [0.15, 0.2) is 0 Å². The fourth-order valence-electron chi connectivity index (χ4n) is 3.51. The Morgan fingerprint density at radius 2 is 2.07 bits per heavy atom. The van der Waals surface area contributed by atoms with Crippen LogP contribution in [0.2, 0.25) is 5.02 Å². The summed E-state index contributed by atoms with van der Waals surface area (Å²) < 4.78 is 7.83. The number of hydrogen-bond acceptors (Lipinski definition) is 4. The second-order valence-corrected chi connectivity index (χ2v) is 8.45. The van der Waals surface area contributed by atoms with Gasteiger partial charge in [-0.25, -0.2) is 9.48 Å². The van der Waals surface area contributed by atoms with E-state index in [0.29, 0.717) is 27.9 Å². The molecule has 2 aromatic heterocycles. The maximum atomic E-state index is 12.4. The smallest absolute Gasteiger partial charge is 0.335 e. The maximum absolute atomic E-state index is 12.4. The van der Waals surface area contributed by atoms with Gasteiger partial charge in [-0.1, -0.05) is 11.6 Å². The Kier molecular flexibility index (Phi) is 4.50. The van der Waals surface area contributed by atoms with Crippen LogP contribution in [0, 0.1) is 0 Å². The first-order valence-corrected chi connectivity index (χ1v) is 9.54. The second-order valence-electron chi connectivity index (χ2n) is 8.04. The number of aromatic carboxylic acids is 1. The van der Waals surface area contributed by atoms with E-state index in [1.165, 1.54) is 18.2 Å². The number of nitrogens with zero attached hydrogens (tertiary/aromatic N) is 2. The van der Waals surface area contributed by atoms with Crippen LogP contribution in [0.4, 0.5) is 5.82 Å². The molecule has 4 rings (SSSR count). The average molecular weight is 414 g/mol. The largest absolute Gasteiger partial charge is 0.478 e. The molecule has 0 saturated carbocycles. The highest BCUT2D eigenvalue weighted by atomic mass is 35.5. The molecule has 0 bridgehead atoms. The van der Waals surface area contributed by atoms with E-state index < -0.39 is 5.97 Å². The van der Waals surface area contributed by atoms with Gasteiger partial charge in [-0.15, -0.1) is 0 Å². The molecule has 0 saturated heterocycles. The van der Waals surface area contributed by atoms with Gasteiger partial charge in [0, 0.05) is 17.5 Å². The summed E-state index contributed by atoms with van der Waals surface area (Å²) in [6.45, 7) is 6.04. The fraction of sp³-hybridized carbons (Fsp3) is 0.286. The number of carbonyl (C=O) groups excluding carboxylic acids is 1. The van der Waals surface area contributed by atoms with Gasteiger partial charge in [-0.05, 0) is 51.1 Å². The summed E-state index contributed by atoms with van der Waals surface area (Å²) in [4.78, 5) is 23.6. The molecular formula is C21H20ClN3O4. The van der Waals surface area contributed by atoms with Crippen LogP contribution < -0.4 is 5.32 Å². The van der Waals surface area contributed by atoms with Crippen LogP contribution >= 0.6 is 11.6 Å². The molecule has 3 heterocycles. The lowest BCUT2D eigenvalue weighted by molar-refractivity contribution is -0.116. The predicted molar refractivity (Wildman–Crippen MR) is 108 cm³/mol. The molecule has 2 N–H and O–H groups in total. The van der Waals surface area contributed by atoms with E-state index in [1.54, 1.807) is 23.0 Å². The van der Waals surface area contributed by atoms with Crippen molar-refractivity contribution in [1.29, 1.82) is 0 Å². The number of fused-ring (bicyclic) bond motifs is 1. The van der Waals surface area contributed by atoms with Crippen molar-refractivity contribution in [3.8, 4) is 11.3 Å². The van der Waals surface area contributed by atoms with Gasteiger partial charge in [-0.2, -0.15) is 5.10 Å². The molecule has 0 unspecified atom stereocenters. The summed E-state index contributed by atoms with van der Waals surface area (Å²) >= 11 is 6.26. The summed E-state index contributed by atoms with van der Waals surface area (Å²) in [6, 6.07) is 7.98. The van der Waals surface area contributed by atoms with Crippen molar-refractivity contribution in [1.82, 2.24) is 9.78 Å². The van der Waals surface area contributed by atoms with Crippen molar-refractivity contribution in [2.24, 2.45) is 0 Å². The molecule has 3 aromatic rings. The molecule has 1 aliphatic rings. The monoisotopic (exact) mass is 413 g/mol. The first-order chi connectivity index (χ1) is 13.6. The topological polar surface area (TPSA) is 97.4 Å². The number of nitrogens with one attached hydrogen (secondary N) is 1. The number of halogens is 1. The van der Waals surface area contributed by atoms with Crippen LogP contribution in [0.15, 0.2) is 40.9 Å². The number of carboxylic acids is 1. The number of aromatic nitrogens is 2. The summed E-state index contributed by atoms with van der Waals surface area (Å²) in [7, 11) is 0. The third kappa shape index (κ3) is 3.42. The van der Waals surface area contributed by atoms with Crippen molar-refractivity contribution < 1.29 is 19.1 Å². The van der Waals surface area contributed by atoms with E-state index >= 15 is 0 Å². The van der Waals surface area contributed by atoms with Gasteiger partial charge in [0.1, 0.15) is 17.3 Å². The van der Waals surface area contributed by atoms with Crippen LogP contribution in [0.3, 0.4) is 0 Å². The van der Waals surface area contributed by atoms with Gasteiger partial charge >= 0.3 is 5.97 Å². The number of furan rings is 1. The molecule has 1 atom stereocenters. The number of hydrogen-bond donors (Lipinski definition) is 2. The molecule has 0 radical (unpaired) electrons. The van der Waals surface area contributed by atoms with Crippen LogP contribution in [0.5, 0.6) is 0 Å². The van der Waals surface area contributed by atoms with Crippen molar-refractivity contribution in [3.63, 3.8) is 0 Å². The Hall–Kier alpha value is -3.06. The molecule has 150 valence electrons. The number of amides is 1. The van der Waals surface area contributed by atoms with Crippen molar-refractivity contribution in [2.45, 2.75) is 38.6 Å². The van der Waals surface area contributed by atoms with E-state index in [9.17, 15) is 14.7 Å². The van der Waals surface area contributed by atoms with E-state index in [2.05, 4.69) is 10.4 Å². The lowest BCUT2D eigenvalue weighted by Crippen LogP contribution is -2.30. The first-order valence-electron chi connectivity index (χ1n) is 9.16. The lowest BCUT2D eigenvalue weighted by Gasteiger charge is -2.27. The molecule has 1 aliphatic heterocycles. The summed E-state index contributed by atoms with van der Waals surface area (Å²) in [5.74, 6) is 0.271. The van der Waals surface area contributed by atoms with Crippen LogP contribution in [-0.4, -0.2) is 26.8 Å². The van der Waals surface area contributed by atoms with Gasteiger partial charge in [0.25, 0.3) is 0 Å². The van der Waals surface area contributed by atoms with E-state index in [0.717, 1.165) is 5.56 Å². The first kappa shape index (κ1) is 19.3. The van der Waals surface area contributed by atoms with Crippen LogP contribution in [0.25, 0.3) is 11.3 Å². The quantitative estimate of drug-likeness (QED) is 0.647. The molecule has 7 nitrogen and oxygen atoms in total. The molecular weight excluding hydrogens is 394 g/mol. The Morgan fingerprint density at radius 3 is 2.76 bits per heavy atom. The maximum Gasteiger partial charge on any atom is 0.335 e. The van der Waals surface area contributed by atoms with Gasteiger partial charge < -0.3 is 14.8 Å². The van der Waals surface area contributed by atoms with Gasteiger partial charge in [-0.3, -0.25) is 4.79 Å². The van der Waals surface area contributed by atoms with Crippen LogP contribution in [0.1, 0.15) is 54.8 Å². The van der Waals surface area contributed by atoms with E-state index in [1.807, 2.05) is 20.8 Å². The third-order valence-electron chi connectivity index (χ3n) is 4.90. The number of anilines is 1. The Bertz CT molecular complexity index is 1120. The normalized spacial score (nSPS) is 16.4. The summed E-state index contributed by atoms with van der Waals surface area (Å²) in [5, 5.41) is 17.0. The zero-order valence-electron chi connectivity index (χ0n) is 16.2. The molecule has 8 heteroatoms. The zero-order chi connectivity index (χ0) is 20.9. The molecule has 1 amide bonds. The lowest BCUT2D eigenvalue weighted by atomic mass is 9.92. The number of rotatable bonds is 3. The minimum Gasteiger partial charge on any atom is -0.478 e. The molecule has 0 aliphatic carbocycles. The number of benzene rings is 1. The molecule has 1 aromatic carbocycles. The number of carboxylic acid groups (broad SMARTS) is 1. The van der Waals surface area contributed by atoms with Crippen molar-refractivity contribution >= 4 is 29.3 Å². The number of carbonyl (C=O) groups is 2. The van der Waals surface area contributed by atoms with E-state index in [4.69, 9.17) is 16.0 Å². The zero-order valence-corrected chi connectivity index (χ0v) is 16.9. The Labute approximate surface area is 172 Å². The van der Waals surface area contributed by atoms with Crippen LogP contribution in [-0.2, 0) is 10.3 Å². The fourth-order valence-corrected chi connectivity index (χ4v) is 3.72. The SMILES string of the molecule is CC(C)(C)n1ncc2c1NC(=O)C[C@@H]2c1ccc(-c2cc(C(=O)O)ccc2Cl)o1. The standard InChI is InChI=1S/C21H20ClN3O4/c1-21(2,3)25-19-14(10-23-25)12(9-18(26)24-19)16-6-7-17(29-16)13-8-11(20(27)28)4-5-15(13)22/h4-8,10,12H,9H2,1-3H3,(H,24,26)(H,27,28)/t12-/m0/s1. The molecule has 29 heavy (non-hydrogen) atoms. The predicted octanol–water partition coefficient (Wildman–Crippen LogP) is 4.72. The van der Waals surface area contributed by atoms with Gasteiger partial charge in [0.2, 0.25) is 5.91 Å². The minimum atomic E-state index is -1.04. The van der Waals surface area contributed by atoms with Gasteiger partial charge in [0.05, 0.1) is 28.2 Å². The summed E-state index contributed by atoms with van der Waals surface area (Å²) in [5.41, 5.74) is 1.20. The molecule has 0 spiro atoms. The summed E-state index contributed by atoms with van der Waals surface area (Å²) in [6.07, 6.45) is 1.99. The Morgan fingerprint density at radius 1 is 1.31 bits per heavy atom. The van der Waals surface area contributed by atoms with Crippen molar-refractivity contribution in [2.75, 3.05) is 5.32 Å². The highest BCUT2D eigenvalue weighted by molar-refractivity contribution is 6.33. The van der Waals surface area contributed by atoms with Crippen molar-refractivity contribution in [3.05, 3.63) is 58.4 Å². The van der Waals surface area contributed by atoms with E-state index in [-0.39, 0.29) is 29.3 Å². The highest BCUT2D eigenvalue weighted by Crippen LogP contribution is 2.41. The Balaban J connectivity index is 1.75. The second kappa shape index (κ2) is 6.77. The minimum absolute atomic E-state index is 0.114. The molecule has 0 fully saturated rings. The average Bonchev–Trinajstić information content (AvgIpc) is 3.27.